The fourth-order valence-electron chi connectivity index (χ4n) is 6.58. The van der Waals surface area contributed by atoms with Gasteiger partial charge in [0.15, 0.2) is 12.6 Å². The van der Waals surface area contributed by atoms with Crippen molar-refractivity contribution in [1.29, 1.82) is 0 Å². The molecule has 0 aromatic heterocycles. The molecular formula is C25H51N7O8. The molecule has 0 aromatic rings. The summed E-state index contributed by atoms with van der Waals surface area (Å²) in [6.45, 7) is 0.237. The van der Waals surface area contributed by atoms with Gasteiger partial charge in [-0.3, -0.25) is 0 Å². The monoisotopic (exact) mass is 577 g/mol. The van der Waals surface area contributed by atoms with Gasteiger partial charge < -0.3 is 79.5 Å². The summed E-state index contributed by atoms with van der Waals surface area (Å²) in [4.78, 5) is 0. The van der Waals surface area contributed by atoms with Crippen molar-refractivity contribution in [3.8, 4) is 0 Å². The summed E-state index contributed by atoms with van der Waals surface area (Å²) in [6, 6.07) is -3.42. The molecule has 15 nitrogen and oxygen atoms in total. The van der Waals surface area contributed by atoms with Gasteiger partial charge in [0.25, 0.3) is 0 Å². The third-order valence-electron chi connectivity index (χ3n) is 9.10. The van der Waals surface area contributed by atoms with E-state index in [4.69, 9.17) is 59.1 Å². The van der Waals surface area contributed by atoms with Gasteiger partial charge in [0.1, 0.15) is 24.4 Å². The first-order chi connectivity index (χ1) is 18.9. The maximum atomic E-state index is 10.6. The Balaban J connectivity index is 1.35. The van der Waals surface area contributed by atoms with E-state index in [2.05, 4.69) is 0 Å². The lowest BCUT2D eigenvalue weighted by molar-refractivity contribution is -0.263. The van der Waals surface area contributed by atoms with Crippen LogP contribution in [-0.4, -0.2) is 125 Å². The highest BCUT2D eigenvalue weighted by molar-refractivity contribution is 5.00. The second-order valence-corrected chi connectivity index (χ2v) is 12.2. The first-order valence-corrected chi connectivity index (χ1v) is 14.5. The van der Waals surface area contributed by atoms with E-state index in [1.165, 1.54) is 0 Å². The Bertz CT molecular complexity index is 806. The molecule has 2 heterocycles. The molecule has 2 aliphatic heterocycles. The van der Waals surface area contributed by atoms with Gasteiger partial charge in [0, 0.05) is 36.8 Å². The molecular weight excluding hydrogens is 526 g/mol. The predicted molar refractivity (Wildman–Crippen MR) is 144 cm³/mol. The van der Waals surface area contributed by atoms with Crippen LogP contribution in [0.3, 0.4) is 0 Å². The van der Waals surface area contributed by atoms with Crippen molar-refractivity contribution in [2.45, 2.75) is 143 Å². The van der Waals surface area contributed by atoms with E-state index in [1.807, 2.05) is 0 Å². The van der Waals surface area contributed by atoms with Crippen molar-refractivity contribution in [2.75, 3.05) is 6.54 Å². The minimum Gasteiger partial charge on any atom is -0.389 e. The normalized spacial score (nSPS) is 51.4. The number of aliphatic hydroxyl groups is 4. The van der Waals surface area contributed by atoms with Gasteiger partial charge in [-0.1, -0.05) is 0 Å². The molecule has 0 spiro atoms. The van der Waals surface area contributed by atoms with Gasteiger partial charge in [-0.2, -0.15) is 0 Å². The van der Waals surface area contributed by atoms with Crippen LogP contribution in [0.4, 0.5) is 0 Å². The summed E-state index contributed by atoms with van der Waals surface area (Å²) in [5, 5.41) is 41.4. The van der Waals surface area contributed by atoms with Crippen molar-refractivity contribution in [2.24, 2.45) is 46.1 Å². The SMILES string of the molecule is NCC1CC(CC(N)C2CCCC(OC3C(N)CC(N)C(O)C3O)O2)C(N)C(OC2C(N)CC(N)C(O)C2O)O1. The first kappa shape index (κ1) is 32.3. The molecule has 17 unspecified atom stereocenters. The summed E-state index contributed by atoms with van der Waals surface area (Å²) in [5.41, 5.74) is 43.3. The average molecular weight is 578 g/mol. The van der Waals surface area contributed by atoms with Crippen LogP contribution >= 0.6 is 0 Å². The van der Waals surface area contributed by atoms with E-state index in [9.17, 15) is 20.4 Å². The minimum atomic E-state index is -1.28. The Morgan fingerprint density at radius 3 is 1.88 bits per heavy atom. The highest BCUT2D eigenvalue weighted by Gasteiger charge is 2.47. The molecule has 2 saturated heterocycles. The Hall–Kier alpha value is -0.600. The number of nitrogens with two attached hydrogens (primary N) is 7. The van der Waals surface area contributed by atoms with Gasteiger partial charge in [-0.25, -0.2) is 0 Å². The van der Waals surface area contributed by atoms with Crippen LogP contribution in [0.2, 0.25) is 0 Å². The Kier molecular flexibility index (Phi) is 11.1. The molecule has 4 rings (SSSR count). The minimum absolute atomic E-state index is 0.137. The third kappa shape index (κ3) is 7.12. The van der Waals surface area contributed by atoms with Crippen LogP contribution < -0.4 is 40.1 Å². The molecule has 0 amide bonds. The number of hydrogen-bond acceptors (Lipinski definition) is 15. The van der Waals surface area contributed by atoms with E-state index >= 15 is 0 Å². The predicted octanol–water partition coefficient (Wildman–Crippen LogP) is -5.05. The fraction of sp³-hybridized carbons (Fsp3) is 1.00. The average Bonchev–Trinajstić information content (AvgIpc) is 2.92. The third-order valence-corrected chi connectivity index (χ3v) is 9.10. The van der Waals surface area contributed by atoms with Gasteiger partial charge >= 0.3 is 0 Å². The molecule has 234 valence electrons. The molecule has 4 aliphatic rings. The molecule has 2 aliphatic carbocycles. The van der Waals surface area contributed by atoms with Gasteiger partial charge in [-0.05, 0) is 50.9 Å². The number of aliphatic hydroxyl groups excluding tert-OH is 4. The van der Waals surface area contributed by atoms with Crippen LogP contribution in [0, 0.1) is 5.92 Å². The topological polar surface area (TPSA) is 300 Å². The van der Waals surface area contributed by atoms with Gasteiger partial charge in [0.2, 0.25) is 0 Å². The van der Waals surface area contributed by atoms with E-state index in [-0.39, 0.29) is 31.1 Å². The van der Waals surface area contributed by atoms with Crippen LogP contribution in [-0.2, 0) is 18.9 Å². The largest absolute Gasteiger partial charge is 0.389 e. The van der Waals surface area contributed by atoms with Crippen molar-refractivity contribution < 1.29 is 39.4 Å². The van der Waals surface area contributed by atoms with Crippen LogP contribution in [0.15, 0.2) is 0 Å². The van der Waals surface area contributed by atoms with Crippen molar-refractivity contribution >= 4 is 0 Å². The number of ether oxygens (including phenoxy) is 4. The summed E-state index contributed by atoms with van der Waals surface area (Å²) >= 11 is 0. The van der Waals surface area contributed by atoms with Crippen LogP contribution in [0.5, 0.6) is 0 Å². The van der Waals surface area contributed by atoms with E-state index in [1.54, 1.807) is 0 Å². The van der Waals surface area contributed by atoms with Crippen LogP contribution in [0.1, 0.15) is 44.9 Å². The molecule has 0 radical (unpaired) electrons. The zero-order valence-electron chi connectivity index (χ0n) is 22.9. The zero-order chi connectivity index (χ0) is 29.3. The first-order valence-electron chi connectivity index (χ1n) is 14.5. The molecule has 18 N–H and O–H groups in total. The maximum absolute atomic E-state index is 10.6. The van der Waals surface area contributed by atoms with Gasteiger partial charge in [-0.15, -0.1) is 0 Å². The van der Waals surface area contributed by atoms with E-state index in [0.717, 1.165) is 6.42 Å². The highest BCUT2D eigenvalue weighted by atomic mass is 16.7. The Morgan fingerprint density at radius 1 is 0.725 bits per heavy atom. The Morgan fingerprint density at radius 2 is 1.30 bits per heavy atom. The smallest absolute Gasteiger partial charge is 0.173 e. The van der Waals surface area contributed by atoms with E-state index < -0.39 is 85.5 Å². The maximum Gasteiger partial charge on any atom is 0.173 e. The zero-order valence-corrected chi connectivity index (χ0v) is 22.9. The lowest BCUT2D eigenvalue weighted by Crippen LogP contribution is -2.64. The standard InChI is InChI=1S/C25H51N7O8/c26-8-10-4-9(18(32)25(37-10)40-24-15(31)7-13(29)20(34)22(24)36)5-11(27)16-2-1-3-17(38-16)39-23-14(30)6-12(28)19(33)21(23)35/h9-25,33-36H,1-8,26-32H2. The molecule has 4 fully saturated rings. The Labute approximate surface area is 234 Å². The van der Waals surface area contributed by atoms with Gasteiger partial charge in [0.05, 0.1) is 30.5 Å². The molecule has 2 saturated carbocycles. The van der Waals surface area contributed by atoms with Crippen molar-refractivity contribution in [3.63, 3.8) is 0 Å². The molecule has 40 heavy (non-hydrogen) atoms. The lowest BCUT2D eigenvalue weighted by Gasteiger charge is -2.46. The molecule has 0 bridgehead atoms. The molecule has 0 aromatic carbocycles. The second-order valence-electron chi connectivity index (χ2n) is 12.2. The number of hydrogen-bond donors (Lipinski definition) is 11. The highest BCUT2D eigenvalue weighted by Crippen LogP contribution is 2.34. The molecule has 17 atom stereocenters. The summed E-state index contributed by atoms with van der Waals surface area (Å²) in [7, 11) is 0. The molecule has 15 heteroatoms. The lowest BCUT2D eigenvalue weighted by atomic mass is 9.82. The quantitative estimate of drug-likeness (QED) is 0.129. The van der Waals surface area contributed by atoms with E-state index in [0.29, 0.717) is 32.1 Å². The second kappa shape index (κ2) is 13.8. The van der Waals surface area contributed by atoms with Crippen LogP contribution in [0.25, 0.3) is 0 Å². The summed E-state index contributed by atoms with van der Waals surface area (Å²) in [6.07, 6.45) is -5.00. The fourth-order valence-corrected chi connectivity index (χ4v) is 6.58. The summed E-state index contributed by atoms with van der Waals surface area (Å²) in [5.74, 6) is -0.137. The van der Waals surface area contributed by atoms with Crippen molar-refractivity contribution in [1.82, 2.24) is 0 Å². The van der Waals surface area contributed by atoms with Crippen molar-refractivity contribution in [3.05, 3.63) is 0 Å². The summed E-state index contributed by atoms with van der Waals surface area (Å²) < 4.78 is 24.3. The number of rotatable bonds is 8.